The van der Waals surface area contributed by atoms with Crippen LogP contribution in [0.25, 0.3) is 0 Å². The second kappa shape index (κ2) is 5.92. The Morgan fingerprint density at radius 1 is 1.29 bits per heavy atom. The molecule has 0 atom stereocenters. The van der Waals surface area contributed by atoms with Crippen LogP contribution in [0.1, 0.15) is 31.4 Å². The van der Waals surface area contributed by atoms with Crippen LogP contribution in [-0.2, 0) is 13.1 Å². The van der Waals surface area contributed by atoms with Gasteiger partial charge in [-0.25, -0.2) is 0 Å². The molecule has 2 fully saturated rings. The summed E-state index contributed by atoms with van der Waals surface area (Å²) in [6, 6.07) is 0.693. The molecule has 5 nitrogen and oxygen atoms in total. The highest BCUT2D eigenvalue weighted by molar-refractivity contribution is 4.94. The van der Waals surface area contributed by atoms with Crippen molar-refractivity contribution in [3.8, 4) is 0 Å². The van der Waals surface area contributed by atoms with Crippen molar-refractivity contribution in [3.05, 3.63) is 11.9 Å². The van der Waals surface area contributed by atoms with Crippen molar-refractivity contribution in [2.24, 2.45) is 0 Å². The van der Waals surface area contributed by atoms with Crippen molar-refractivity contribution in [1.29, 1.82) is 0 Å². The zero-order chi connectivity index (χ0) is 14.9. The third-order valence-electron chi connectivity index (χ3n) is 3.80. The summed E-state index contributed by atoms with van der Waals surface area (Å²) in [5, 5.41) is 11.4. The van der Waals surface area contributed by atoms with Crippen LogP contribution in [0.4, 0.5) is 13.2 Å². The van der Waals surface area contributed by atoms with Crippen molar-refractivity contribution in [3.63, 3.8) is 0 Å². The van der Waals surface area contributed by atoms with Gasteiger partial charge in [-0.15, -0.1) is 5.10 Å². The molecule has 0 aliphatic heterocycles. The Hall–Kier alpha value is -1.15. The van der Waals surface area contributed by atoms with Crippen LogP contribution in [0.2, 0.25) is 0 Å². The van der Waals surface area contributed by atoms with Gasteiger partial charge in [-0.05, 0) is 25.7 Å². The highest BCUT2D eigenvalue weighted by atomic mass is 19.4. The average molecular weight is 303 g/mol. The maximum atomic E-state index is 12.5. The Bertz CT molecular complexity index is 465. The summed E-state index contributed by atoms with van der Waals surface area (Å²) in [6.45, 7) is 0.661. The fourth-order valence-electron chi connectivity index (χ4n) is 2.36. The summed E-state index contributed by atoms with van der Waals surface area (Å²) in [5.41, 5.74) is 0.843. The molecule has 21 heavy (non-hydrogen) atoms. The second-order valence-electron chi connectivity index (χ2n) is 5.94. The first-order valence-corrected chi connectivity index (χ1v) is 7.43. The normalized spacial score (nSPS) is 19.4. The molecule has 2 saturated carbocycles. The van der Waals surface area contributed by atoms with Crippen LogP contribution in [0, 0.1) is 0 Å². The van der Waals surface area contributed by atoms with Gasteiger partial charge in [0.25, 0.3) is 0 Å². The molecule has 0 radical (unpaired) electrons. The SMILES string of the molecule is FC(F)(F)CN(CCn1cc(CNC2CC2)nn1)C1CC1. The van der Waals surface area contributed by atoms with Gasteiger partial charge in [-0.1, -0.05) is 5.21 Å². The third-order valence-corrected chi connectivity index (χ3v) is 3.80. The third kappa shape index (κ3) is 4.96. The Labute approximate surface area is 121 Å². The number of halogens is 3. The van der Waals surface area contributed by atoms with E-state index < -0.39 is 12.7 Å². The van der Waals surface area contributed by atoms with Gasteiger partial charge in [0, 0.05) is 31.4 Å². The van der Waals surface area contributed by atoms with Gasteiger partial charge in [-0.2, -0.15) is 13.2 Å². The van der Waals surface area contributed by atoms with E-state index in [0.29, 0.717) is 25.7 Å². The van der Waals surface area contributed by atoms with Crippen LogP contribution in [0.15, 0.2) is 6.20 Å². The van der Waals surface area contributed by atoms with Gasteiger partial charge >= 0.3 is 6.18 Å². The lowest BCUT2D eigenvalue weighted by Crippen LogP contribution is -2.38. The number of hydrogen-bond acceptors (Lipinski definition) is 4. The Kier molecular flexibility index (Phi) is 4.17. The monoisotopic (exact) mass is 303 g/mol. The lowest BCUT2D eigenvalue weighted by atomic mass is 10.4. The molecule has 1 heterocycles. The number of aromatic nitrogens is 3. The molecule has 0 aromatic carbocycles. The number of nitrogens with one attached hydrogen (secondary N) is 1. The lowest BCUT2D eigenvalue weighted by molar-refractivity contribution is -0.147. The number of nitrogens with zero attached hydrogens (tertiary/aromatic N) is 4. The molecule has 0 unspecified atom stereocenters. The van der Waals surface area contributed by atoms with E-state index in [1.54, 1.807) is 4.68 Å². The second-order valence-corrected chi connectivity index (χ2v) is 5.94. The smallest absolute Gasteiger partial charge is 0.308 e. The Balaban J connectivity index is 1.46. The average Bonchev–Trinajstić information content (AvgIpc) is 3.30. The van der Waals surface area contributed by atoms with Gasteiger partial charge in [0.05, 0.1) is 18.8 Å². The van der Waals surface area contributed by atoms with Gasteiger partial charge in [-0.3, -0.25) is 9.58 Å². The van der Waals surface area contributed by atoms with Crippen molar-refractivity contribution >= 4 is 0 Å². The molecule has 2 aliphatic carbocycles. The number of alkyl halides is 3. The number of rotatable bonds is 8. The highest BCUT2D eigenvalue weighted by Crippen LogP contribution is 2.29. The molecule has 8 heteroatoms. The first-order chi connectivity index (χ1) is 9.99. The summed E-state index contributed by atoms with van der Waals surface area (Å²) in [6.07, 6.45) is 1.83. The van der Waals surface area contributed by atoms with E-state index in [4.69, 9.17) is 0 Å². The van der Waals surface area contributed by atoms with Crippen molar-refractivity contribution in [2.45, 2.75) is 57.0 Å². The standard InChI is InChI=1S/C13H20F3N5/c14-13(15,16)9-20(12-3-4-12)5-6-21-8-11(18-19-21)7-17-10-1-2-10/h8,10,12,17H,1-7,9H2. The minimum atomic E-state index is -4.13. The minimum Gasteiger partial charge on any atom is -0.308 e. The minimum absolute atomic E-state index is 0.0890. The van der Waals surface area contributed by atoms with E-state index in [1.165, 1.54) is 17.7 Å². The summed E-state index contributed by atoms with van der Waals surface area (Å²) in [5.74, 6) is 0. The Morgan fingerprint density at radius 2 is 2.05 bits per heavy atom. The molecule has 2 aliphatic rings. The molecule has 1 aromatic heterocycles. The van der Waals surface area contributed by atoms with Crippen LogP contribution in [0.3, 0.4) is 0 Å². The summed E-state index contributed by atoms with van der Waals surface area (Å²) < 4.78 is 39.2. The van der Waals surface area contributed by atoms with Crippen LogP contribution in [-0.4, -0.2) is 51.2 Å². The predicted octanol–water partition coefficient (Wildman–Crippen LogP) is 1.56. The molecule has 1 aromatic rings. The van der Waals surface area contributed by atoms with Gasteiger partial charge in [0.1, 0.15) is 0 Å². The quantitative estimate of drug-likeness (QED) is 0.791. The van der Waals surface area contributed by atoms with Gasteiger partial charge in [0.15, 0.2) is 0 Å². The van der Waals surface area contributed by atoms with Crippen LogP contribution < -0.4 is 5.32 Å². The molecule has 1 N–H and O–H groups in total. The maximum absolute atomic E-state index is 12.5. The Morgan fingerprint density at radius 3 is 2.67 bits per heavy atom. The topological polar surface area (TPSA) is 46.0 Å². The molecule has 118 valence electrons. The molecule has 0 spiro atoms. The van der Waals surface area contributed by atoms with Crippen molar-refractivity contribution in [2.75, 3.05) is 13.1 Å². The largest absolute Gasteiger partial charge is 0.401 e. The van der Waals surface area contributed by atoms with E-state index in [-0.39, 0.29) is 6.04 Å². The lowest BCUT2D eigenvalue weighted by Gasteiger charge is -2.22. The summed E-state index contributed by atoms with van der Waals surface area (Å²) >= 11 is 0. The van der Waals surface area contributed by atoms with Crippen molar-refractivity contribution < 1.29 is 13.2 Å². The van der Waals surface area contributed by atoms with Gasteiger partial charge in [0.2, 0.25) is 0 Å². The fraction of sp³-hybridized carbons (Fsp3) is 0.846. The molecular weight excluding hydrogens is 283 g/mol. The first kappa shape index (κ1) is 14.8. The molecular formula is C13H20F3N5. The fourth-order valence-corrected chi connectivity index (χ4v) is 2.36. The van der Waals surface area contributed by atoms with E-state index >= 15 is 0 Å². The van der Waals surface area contributed by atoms with Crippen LogP contribution >= 0.6 is 0 Å². The van der Waals surface area contributed by atoms with E-state index in [0.717, 1.165) is 18.5 Å². The molecule has 3 rings (SSSR count). The first-order valence-electron chi connectivity index (χ1n) is 7.43. The molecule has 0 amide bonds. The van der Waals surface area contributed by atoms with E-state index in [2.05, 4.69) is 15.6 Å². The summed E-state index contributed by atoms with van der Waals surface area (Å²) in [4.78, 5) is 1.50. The van der Waals surface area contributed by atoms with Crippen molar-refractivity contribution in [1.82, 2.24) is 25.2 Å². The highest BCUT2D eigenvalue weighted by Gasteiger charge is 2.37. The molecule has 0 saturated heterocycles. The molecule has 0 bridgehead atoms. The number of hydrogen-bond donors (Lipinski definition) is 1. The zero-order valence-electron chi connectivity index (χ0n) is 11.8. The van der Waals surface area contributed by atoms with Gasteiger partial charge < -0.3 is 5.32 Å². The van der Waals surface area contributed by atoms with E-state index in [1.807, 2.05) is 6.20 Å². The van der Waals surface area contributed by atoms with E-state index in [9.17, 15) is 13.2 Å². The predicted molar refractivity (Wildman–Crippen MR) is 70.5 cm³/mol. The zero-order valence-corrected chi connectivity index (χ0v) is 11.8. The van der Waals surface area contributed by atoms with Crippen LogP contribution in [0.5, 0.6) is 0 Å². The summed E-state index contributed by atoms with van der Waals surface area (Å²) in [7, 11) is 0. The maximum Gasteiger partial charge on any atom is 0.401 e.